The van der Waals surface area contributed by atoms with E-state index in [1.807, 2.05) is 54.6 Å². The van der Waals surface area contributed by atoms with E-state index in [1.165, 1.54) is 0 Å². The molecule has 0 aliphatic heterocycles. The lowest BCUT2D eigenvalue weighted by Crippen LogP contribution is -2.15. The fraction of sp³-hybridized carbons (Fsp3) is 0.0556. The smallest absolute Gasteiger partial charge is 0.274 e. The summed E-state index contributed by atoms with van der Waals surface area (Å²) in [6.45, 7) is 1.76. The summed E-state index contributed by atoms with van der Waals surface area (Å²) in [7, 11) is 0. The van der Waals surface area contributed by atoms with E-state index in [0.29, 0.717) is 17.3 Å². The number of para-hydroxylation sites is 1. The first-order chi connectivity index (χ1) is 11.6. The Balaban J connectivity index is 1.80. The lowest BCUT2D eigenvalue weighted by Gasteiger charge is -2.09. The van der Waals surface area contributed by atoms with Gasteiger partial charge >= 0.3 is 0 Å². The first-order valence-corrected chi connectivity index (χ1v) is 8.14. The molecule has 0 fully saturated rings. The molecule has 0 radical (unpaired) electrons. The monoisotopic (exact) mass is 382 g/mol. The normalized spacial score (nSPS) is 10.2. The van der Waals surface area contributed by atoms with Crippen molar-refractivity contribution in [2.75, 3.05) is 10.6 Å². The van der Waals surface area contributed by atoms with Crippen LogP contribution in [0.5, 0.6) is 0 Å². The van der Waals surface area contributed by atoms with Gasteiger partial charge in [-0.05, 0) is 43.3 Å². The van der Waals surface area contributed by atoms with E-state index >= 15 is 0 Å². The molecule has 0 unspecified atom stereocenters. The van der Waals surface area contributed by atoms with E-state index in [2.05, 4.69) is 36.5 Å². The molecule has 0 saturated carbocycles. The highest BCUT2D eigenvalue weighted by Gasteiger charge is 2.11. The van der Waals surface area contributed by atoms with Gasteiger partial charge in [0.2, 0.25) is 0 Å². The van der Waals surface area contributed by atoms with Crippen molar-refractivity contribution in [3.8, 4) is 0 Å². The summed E-state index contributed by atoms with van der Waals surface area (Å²) in [5, 5.41) is 6.00. The molecule has 2 N–H and O–H groups in total. The van der Waals surface area contributed by atoms with Crippen LogP contribution < -0.4 is 10.6 Å². The number of rotatable bonds is 4. The van der Waals surface area contributed by atoms with Crippen molar-refractivity contribution in [1.29, 1.82) is 0 Å². The average molecular weight is 383 g/mol. The lowest BCUT2D eigenvalue weighted by molar-refractivity contribution is 0.102. The van der Waals surface area contributed by atoms with Crippen LogP contribution in [0.25, 0.3) is 0 Å². The second-order valence-electron chi connectivity index (χ2n) is 5.14. The van der Waals surface area contributed by atoms with Gasteiger partial charge in [0, 0.05) is 21.9 Å². The Morgan fingerprint density at radius 2 is 1.67 bits per heavy atom. The van der Waals surface area contributed by atoms with E-state index in [4.69, 9.17) is 0 Å². The van der Waals surface area contributed by atoms with Crippen LogP contribution in [0.2, 0.25) is 0 Å². The molecule has 1 aromatic heterocycles. The molecule has 0 spiro atoms. The standard InChI is InChI=1S/C18H15BrN4O/c1-12-20-16(18(24)23-14-5-3-2-4-6-14)11-17(21-12)22-15-9-7-13(19)8-10-15/h2-11H,1H3,(H,23,24)(H,20,21,22). The maximum atomic E-state index is 12.4. The van der Waals surface area contributed by atoms with Crippen molar-refractivity contribution in [3.63, 3.8) is 0 Å². The number of nitrogens with zero attached hydrogens (tertiary/aromatic N) is 2. The van der Waals surface area contributed by atoms with Gasteiger partial charge in [0.1, 0.15) is 17.3 Å². The van der Waals surface area contributed by atoms with Gasteiger partial charge < -0.3 is 10.6 Å². The second kappa shape index (κ2) is 7.23. The molecule has 0 atom stereocenters. The maximum absolute atomic E-state index is 12.4. The van der Waals surface area contributed by atoms with Crippen LogP contribution >= 0.6 is 15.9 Å². The molecule has 0 aliphatic carbocycles. The third-order valence-electron chi connectivity index (χ3n) is 3.22. The molecule has 3 rings (SSSR count). The number of anilines is 3. The van der Waals surface area contributed by atoms with Gasteiger partial charge in [-0.3, -0.25) is 4.79 Å². The number of carbonyl (C=O) groups is 1. The maximum Gasteiger partial charge on any atom is 0.274 e. The van der Waals surface area contributed by atoms with Crippen molar-refractivity contribution in [2.45, 2.75) is 6.92 Å². The van der Waals surface area contributed by atoms with E-state index < -0.39 is 0 Å². The molecule has 0 saturated heterocycles. The summed E-state index contributed by atoms with van der Waals surface area (Å²) >= 11 is 3.40. The fourth-order valence-corrected chi connectivity index (χ4v) is 2.41. The number of aryl methyl sites for hydroxylation is 1. The molecule has 24 heavy (non-hydrogen) atoms. The van der Waals surface area contributed by atoms with Gasteiger partial charge in [-0.1, -0.05) is 34.1 Å². The number of benzene rings is 2. The van der Waals surface area contributed by atoms with Crippen LogP contribution in [0.1, 0.15) is 16.3 Å². The summed E-state index contributed by atoms with van der Waals surface area (Å²) in [5.74, 6) is 0.823. The van der Waals surface area contributed by atoms with E-state index in [-0.39, 0.29) is 5.91 Å². The Hall–Kier alpha value is -2.73. The summed E-state index contributed by atoms with van der Waals surface area (Å²) in [6.07, 6.45) is 0. The molecule has 2 aromatic carbocycles. The summed E-state index contributed by atoms with van der Waals surface area (Å²) < 4.78 is 0.995. The Morgan fingerprint density at radius 3 is 2.38 bits per heavy atom. The number of aromatic nitrogens is 2. The summed E-state index contributed by atoms with van der Waals surface area (Å²) in [4.78, 5) is 20.9. The van der Waals surface area contributed by atoms with Crippen LogP contribution in [0, 0.1) is 6.92 Å². The molecule has 120 valence electrons. The highest BCUT2D eigenvalue weighted by molar-refractivity contribution is 9.10. The van der Waals surface area contributed by atoms with Crippen molar-refractivity contribution in [2.24, 2.45) is 0 Å². The summed E-state index contributed by atoms with van der Waals surface area (Å²) in [6, 6.07) is 18.6. The first kappa shape index (κ1) is 16.1. The van der Waals surface area contributed by atoms with Gasteiger partial charge in [-0.15, -0.1) is 0 Å². The molecule has 5 nitrogen and oxygen atoms in total. The molecule has 1 amide bonds. The van der Waals surface area contributed by atoms with Crippen molar-refractivity contribution < 1.29 is 4.79 Å². The van der Waals surface area contributed by atoms with E-state index in [1.54, 1.807) is 13.0 Å². The SMILES string of the molecule is Cc1nc(Nc2ccc(Br)cc2)cc(C(=O)Nc2ccccc2)n1. The van der Waals surface area contributed by atoms with E-state index in [9.17, 15) is 4.79 Å². The largest absolute Gasteiger partial charge is 0.340 e. The van der Waals surface area contributed by atoms with Gasteiger partial charge in [0.05, 0.1) is 0 Å². The zero-order chi connectivity index (χ0) is 16.9. The van der Waals surface area contributed by atoms with Crippen molar-refractivity contribution in [3.05, 3.63) is 76.7 Å². The van der Waals surface area contributed by atoms with Gasteiger partial charge in [0.25, 0.3) is 5.91 Å². The molecule has 0 bridgehead atoms. The molecule has 3 aromatic rings. The Kier molecular flexibility index (Phi) is 4.86. The number of halogens is 1. The van der Waals surface area contributed by atoms with Crippen molar-refractivity contribution >= 4 is 39.0 Å². The number of carbonyl (C=O) groups excluding carboxylic acids is 1. The number of amides is 1. The highest BCUT2D eigenvalue weighted by Crippen LogP contribution is 2.19. The van der Waals surface area contributed by atoms with Crippen LogP contribution in [0.15, 0.2) is 65.1 Å². The predicted molar refractivity (Wildman–Crippen MR) is 98.6 cm³/mol. The zero-order valence-corrected chi connectivity index (χ0v) is 14.5. The Bertz CT molecular complexity index is 851. The molecular weight excluding hydrogens is 368 g/mol. The minimum absolute atomic E-state index is 0.273. The van der Waals surface area contributed by atoms with Crippen molar-refractivity contribution in [1.82, 2.24) is 9.97 Å². The average Bonchev–Trinajstić information content (AvgIpc) is 2.57. The lowest BCUT2D eigenvalue weighted by atomic mass is 10.3. The first-order valence-electron chi connectivity index (χ1n) is 7.35. The second-order valence-corrected chi connectivity index (χ2v) is 6.05. The van der Waals surface area contributed by atoms with Crippen LogP contribution in [-0.2, 0) is 0 Å². The highest BCUT2D eigenvalue weighted by atomic mass is 79.9. The van der Waals surface area contributed by atoms with Crippen LogP contribution in [0.3, 0.4) is 0 Å². The number of hydrogen-bond donors (Lipinski definition) is 2. The van der Waals surface area contributed by atoms with Crippen LogP contribution in [0.4, 0.5) is 17.2 Å². The minimum atomic E-state index is -0.273. The van der Waals surface area contributed by atoms with Gasteiger partial charge in [-0.25, -0.2) is 9.97 Å². The number of nitrogens with one attached hydrogen (secondary N) is 2. The molecular formula is C18H15BrN4O. The Labute approximate surface area is 148 Å². The predicted octanol–water partition coefficient (Wildman–Crippen LogP) is 4.54. The fourth-order valence-electron chi connectivity index (χ4n) is 2.15. The van der Waals surface area contributed by atoms with Crippen LogP contribution in [-0.4, -0.2) is 15.9 Å². The summed E-state index contributed by atoms with van der Waals surface area (Å²) in [5.41, 5.74) is 1.91. The van der Waals surface area contributed by atoms with Gasteiger partial charge in [-0.2, -0.15) is 0 Å². The quantitative estimate of drug-likeness (QED) is 0.694. The van der Waals surface area contributed by atoms with Gasteiger partial charge in [0.15, 0.2) is 0 Å². The molecule has 6 heteroatoms. The van der Waals surface area contributed by atoms with E-state index in [0.717, 1.165) is 15.8 Å². The third-order valence-corrected chi connectivity index (χ3v) is 3.75. The third kappa shape index (κ3) is 4.17. The zero-order valence-electron chi connectivity index (χ0n) is 13.0. The Morgan fingerprint density at radius 1 is 0.958 bits per heavy atom. The molecule has 1 heterocycles. The molecule has 0 aliphatic rings. The number of hydrogen-bond acceptors (Lipinski definition) is 4. The topological polar surface area (TPSA) is 66.9 Å². The minimum Gasteiger partial charge on any atom is -0.340 e.